The molecule has 2 atom stereocenters. The van der Waals surface area contributed by atoms with Crippen molar-refractivity contribution in [2.45, 2.75) is 93.0 Å². The maximum Gasteiger partial charge on any atom is 0.226 e. The van der Waals surface area contributed by atoms with Gasteiger partial charge in [-0.15, -0.1) is 0 Å². The number of hydrogen-bond acceptors (Lipinski definition) is 3. The van der Waals surface area contributed by atoms with Crippen molar-refractivity contribution in [3.63, 3.8) is 0 Å². The second kappa shape index (κ2) is 15.4. The Labute approximate surface area is 202 Å². The fraction of sp³-hybridized carbons (Fsp3) is 0.552. The molecule has 2 unspecified atom stereocenters. The topological polar surface area (TPSA) is 53.8 Å². The first kappa shape index (κ1) is 28.5. The molecule has 1 N–H and O–H groups in total. The van der Waals surface area contributed by atoms with E-state index in [9.17, 15) is 4.79 Å². The number of nitrogens with one attached hydrogen (secondary N) is 1. The largest absolute Gasteiger partial charge is 0.348 e. The molecule has 0 aliphatic rings. The number of rotatable bonds is 14. The molecule has 0 fully saturated rings. The van der Waals surface area contributed by atoms with Gasteiger partial charge in [0.25, 0.3) is 0 Å². The molecule has 1 rings (SSSR count). The average Bonchev–Trinajstić information content (AvgIpc) is 2.79. The first-order chi connectivity index (χ1) is 15.7. The normalized spacial score (nSPS) is 15.2. The van der Waals surface area contributed by atoms with Gasteiger partial charge in [0.1, 0.15) is 0 Å². The molecule has 0 heterocycles. The Bertz CT molecular complexity index is 819. The van der Waals surface area contributed by atoms with Crippen molar-refractivity contribution in [1.82, 2.24) is 5.32 Å². The highest BCUT2D eigenvalue weighted by molar-refractivity contribution is 5.97. The van der Waals surface area contributed by atoms with E-state index < -0.39 is 5.41 Å². The summed E-state index contributed by atoms with van der Waals surface area (Å²) >= 11 is 0. The van der Waals surface area contributed by atoms with E-state index >= 15 is 0 Å². The van der Waals surface area contributed by atoms with E-state index in [2.05, 4.69) is 55.5 Å². The number of nitrogens with zero attached hydrogens (tertiary/aromatic N) is 2. The van der Waals surface area contributed by atoms with Gasteiger partial charge < -0.3 is 5.32 Å². The van der Waals surface area contributed by atoms with E-state index in [4.69, 9.17) is 5.10 Å². The standard InChI is InChI=1S/C29H45N3O/c1-8-11-13-17-24(5)31-32-27(23(4)10-3)26(30-28(33)29(6,7)22-9-2)21-16-20-25-18-14-12-15-19-25/h8,11-15,17-19,23,26H,9-10,16,20-22H2,1-7H3,(H,30,33)/b11-8-,17-13-,31-24+,32-27+. The van der Waals surface area contributed by atoms with Gasteiger partial charge in [0, 0.05) is 5.41 Å². The number of hydrogen-bond donors (Lipinski definition) is 1. The summed E-state index contributed by atoms with van der Waals surface area (Å²) in [5.41, 5.74) is 2.72. The summed E-state index contributed by atoms with van der Waals surface area (Å²) in [6.45, 7) is 14.4. The third kappa shape index (κ3) is 10.8. The Kier molecular flexibility index (Phi) is 13.3. The van der Waals surface area contributed by atoms with Crippen molar-refractivity contribution in [2.24, 2.45) is 21.5 Å². The van der Waals surface area contributed by atoms with Gasteiger partial charge >= 0.3 is 0 Å². The summed E-state index contributed by atoms with van der Waals surface area (Å²) in [6, 6.07) is 10.4. The molecule has 1 aromatic carbocycles. The molecule has 0 saturated carbocycles. The van der Waals surface area contributed by atoms with Crippen molar-refractivity contribution >= 4 is 17.3 Å². The molecule has 0 aliphatic carbocycles. The lowest BCUT2D eigenvalue weighted by Crippen LogP contribution is -2.48. The zero-order valence-corrected chi connectivity index (χ0v) is 21.9. The van der Waals surface area contributed by atoms with Crippen LogP contribution in [0.15, 0.2) is 64.8 Å². The van der Waals surface area contributed by atoms with Gasteiger partial charge in [0.2, 0.25) is 5.91 Å². The lowest BCUT2D eigenvalue weighted by atomic mass is 9.85. The fourth-order valence-electron chi connectivity index (χ4n) is 3.74. The highest BCUT2D eigenvalue weighted by Gasteiger charge is 2.31. The second-order valence-electron chi connectivity index (χ2n) is 9.50. The zero-order valence-electron chi connectivity index (χ0n) is 21.9. The molecule has 0 aromatic heterocycles. The van der Waals surface area contributed by atoms with Gasteiger partial charge in [-0.05, 0) is 63.5 Å². The summed E-state index contributed by atoms with van der Waals surface area (Å²) in [6.07, 6.45) is 13.5. The predicted octanol–water partition coefficient (Wildman–Crippen LogP) is 7.32. The van der Waals surface area contributed by atoms with Crippen molar-refractivity contribution in [1.29, 1.82) is 0 Å². The molecule has 0 bridgehead atoms. The highest BCUT2D eigenvalue weighted by atomic mass is 16.2. The Morgan fingerprint density at radius 1 is 1.12 bits per heavy atom. The molecule has 33 heavy (non-hydrogen) atoms. The van der Waals surface area contributed by atoms with Gasteiger partial charge in [0.15, 0.2) is 0 Å². The maximum absolute atomic E-state index is 13.2. The van der Waals surface area contributed by atoms with E-state index in [-0.39, 0.29) is 17.9 Å². The molecule has 1 amide bonds. The number of amides is 1. The van der Waals surface area contributed by atoms with Crippen LogP contribution in [0.25, 0.3) is 0 Å². The Morgan fingerprint density at radius 3 is 2.42 bits per heavy atom. The molecule has 0 radical (unpaired) electrons. The Hall–Kier alpha value is -2.49. The molecule has 4 heteroatoms. The highest BCUT2D eigenvalue weighted by Crippen LogP contribution is 2.24. The van der Waals surface area contributed by atoms with Crippen molar-refractivity contribution in [3.05, 3.63) is 60.2 Å². The fourth-order valence-corrected chi connectivity index (χ4v) is 3.74. The van der Waals surface area contributed by atoms with Crippen LogP contribution in [0.2, 0.25) is 0 Å². The van der Waals surface area contributed by atoms with E-state index in [1.54, 1.807) is 0 Å². The minimum absolute atomic E-state index is 0.0961. The summed E-state index contributed by atoms with van der Waals surface area (Å²) in [7, 11) is 0. The van der Waals surface area contributed by atoms with Gasteiger partial charge in [0.05, 0.1) is 17.5 Å². The van der Waals surface area contributed by atoms with Crippen LogP contribution in [0.3, 0.4) is 0 Å². The van der Waals surface area contributed by atoms with Gasteiger partial charge in [-0.1, -0.05) is 89.6 Å². The van der Waals surface area contributed by atoms with E-state index in [0.29, 0.717) is 0 Å². The lowest BCUT2D eigenvalue weighted by molar-refractivity contribution is -0.130. The van der Waals surface area contributed by atoms with Crippen molar-refractivity contribution < 1.29 is 4.79 Å². The SMILES string of the molecule is C\C=C/C=C\C(C)=N\N=C(/C(C)CC)C(CCCc1ccccc1)NC(=O)C(C)(C)CCC. The number of carbonyl (C=O) groups excluding carboxylic acids is 1. The van der Waals surface area contributed by atoms with E-state index in [1.807, 2.05) is 58.1 Å². The minimum Gasteiger partial charge on any atom is -0.348 e. The summed E-state index contributed by atoms with van der Waals surface area (Å²) in [4.78, 5) is 13.2. The summed E-state index contributed by atoms with van der Waals surface area (Å²) in [5.74, 6) is 0.330. The Morgan fingerprint density at radius 2 is 1.82 bits per heavy atom. The Balaban J connectivity index is 3.17. The second-order valence-corrected chi connectivity index (χ2v) is 9.50. The van der Waals surface area contributed by atoms with Crippen molar-refractivity contribution in [3.8, 4) is 0 Å². The van der Waals surface area contributed by atoms with Crippen molar-refractivity contribution in [2.75, 3.05) is 0 Å². The molecule has 182 valence electrons. The van der Waals surface area contributed by atoms with Crippen LogP contribution in [0.4, 0.5) is 0 Å². The van der Waals surface area contributed by atoms with Crippen LogP contribution in [-0.2, 0) is 11.2 Å². The smallest absolute Gasteiger partial charge is 0.226 e. The van der Waals surface area contributed by atoms with E-state index in [1.165, 1.54) is 5.56 Å². The predicted molar refractivity (Wildman–Crippen MR) is 144 cm³/mol. The quantitative estimate of drug-likeness (QED) is 0.180. The third-order valence-electron chi connectivity index (χ3n) is 6.03. The molecule has 0 aliphatic heterocycles. The minimum atomic E-state index is -0.401. The summed E-state index contributed by atoms with van der Waals surface area (Å²) in [5, 5.41) is 12.5. The number of carbonyl (C=O) groups is 1. The van der Waals surface area contributed by atoms with E-state index in [0.717, 1.165) is 49.9 Å². The molecule has 0 saturated heterocycles. The lowest BCUT2D eigenvalue weighted by Gasteiger charge is -2.29. The number of benzene rings is 1. The molecule has 0 spiro atoms. The molecule has 1 aromatic rings. The zero-order chi connectivity index (χ0) is 24.7. The van der Waals surface area contributed by atoms with Crippen LogP contribution in [0, 0.1) is 11.3 Å². The molecular weight excluding hydrogens is 406 g/mol. The molecular formula is C29H45N3O. The van der Waals surface area contributed by atoms with Crippen LogP contribution < -0.4 is 5.32 Å². The van der Waals surface area contributed by atoms with Crippen LogP contribution in [0.5, 0.6) is 0 Å². The first-order valence-corrected chi connectivity index (χ1v) is 12.5. The van der Waals surface area contributed by atoms with Crippen LogP contribution in [-0.4, -0.2) is 23.4 Å². The van der Waals surface area contributed by atoms with Gasteiger partial charge in [-0.25, -0.2) is 0 Å². The monoisotopic (exact) mass is 451 g/mol. The number of allylic oxidation sites excluding steroid dienone is 4. The number of aryl methyl sites for hydroxylation is 1. The third-order valence-corrected chi connectivity index (χ3v) is 6.03. The van der Waals surface area contributed by atoms with Crippen LogP contribution in [0.1, 0.15) is 86.1 Å². The first-order valence-electron chi connectivity index (χ1n) is 12.5. The van der Waals surface area contributed by atoms with Crippen LogP contribution >= 0.6 is 0 Å². The maximum atomic E-state index is 13.2. The average molecular weight is 452 g/mol. The summed E-state index contributed by atoms with van der Waals surface area (Å²) < 4.78 is 0. The molecule has 4 nitrogen and oxygen atoms in total. The van der Waals surface area contributed by atoms with Gasteiger partial charge in [-0.2, -0.15) is 10.2 Å². The van der Waals surface area contributed by atoms with Gasteiger partial charge in [-0.3, -0.25) is 4.79 Å².